The molecule has 0 unspecified atom stereocenters. The Balaban J connectivity index is 1.53. The van der Waals surface area contributed by atoms with Gasteiger partial charge in [0, 0.05) is 37.8 Å². The van der Waals surface area contributed by atoms with E-state index in [1.165, 1.54) is 20.9 Å². The highest BCUT2D eigenvalue weighted by Gasteiger charge is 2.15. The molecule has 0 aliphatic carbocycles. The Hall–Kier alpha value is -2.95. The Morgan fingerprint density at radius 3 is 2.71 bits per heavy atom. The predicted octanol–water partition coefficient (Wildman–Crippen LogP) is 0.671. The van der Waals surface area contributed by atoms with Gasteiger partial charge >= 0.3 is 5.69 Å². The molecular weight excluding hydrogens is 380 g/mol. The van der Waals surface area contributed by atoms with E-state index < -0.39 is 0 Å². The Bertz CT molecular complexity index is 1310. The zero-order chi connectivity index (χ0) is 20.0. The van der Waals surface area contributed by atoms with Crippen LogP contribution in [-0.2, 0) is 20.6 Å². The first kappa shape index (κ1) is 18.4. The number of thioether (sulfide) groups is 1. The number of hydrogen-bond donors (Lipinski definition) is 0. The molecule has 4 rings (SSSR count). The van der Waals surface area contributed by atoms with Gasteiger partial charge in [-0.15, -0.1) is 10.2 Å². The topological polar surface area (TPSA) is 105 Å². The fourth-order valence-corrected chi connectivity index (χ4v) is 4.18. The van der Waals surface area contributed by atoms with Crippen molar-refractivity contribution < 1.29 is 0 Å². The number of aryl methyl sites for hydroxylation is 4. The van der Waals surface area contributed by atoms with Crippen LogP contribution >= 0.6 is 11.8 Å². The van der Waals surface area contributed by atoms with Crippen molar-refractivity contribution in [3.05, 3.63) is 44.6 Å². The van der Waals surface area contributed by atoms with Gasteiger partial charge in [0.25, 0.3) is 11.3 Å². The van der Waals surface area contributed by atoms with E-state index in [1.807, 2.05) is 24.3 Å². The first-order valence-corrected chi connectivity index (χ1v) is 9.80. The summed E-state index contributed by atoms with van der Waals surface area (Å²) in [6.45, 7) is 4.24. The van der Waals surface area contributed by atoms with Crippen molar-refractivity contribution in [3.63, 3.8) is 0 Å². The van der Waals surface area contributed by atoms with E-state index in [4.69, 9.17) is 0 Å². The SMILES string of the molecule is Cc1cc(C)n2c(SCCCn3c(=O)c4c(ncn4C)n(C)c3=O)nnc2n1. The van der Waals surface area contributed by atoms with Gasteiger partial charge in [-0.3, -0.25) is 18.3 Å². The van der Waals surface area contributed by atoms with Gasteiger partial charge in [-0.1, -0.05) is 11.8 Å². The van der Waals surface area contributed by atoms with Gasteiger partial charge in [-0.2, -0.15) is 0 Å². The zero-order valence-corrected chi connectivity index (χ0v) is 16.9. The van der Waals surface area contributed by atoms with Crippen molar-refractivity contribution in [1.29, 1.82) is 0 Å². The Kier molecular flexibility index (Phi) is 4.53. The summed E-state index contributed by atoms with van der Waals surface area (Å²) < 4.78 is 6.23. The maximum absolute atomic E-state index is 12.7. The Labute approximate surface area is 163 Å². The molecule has 0 spiro atoms. The van der Waals surface area contributed by atoms with Crippen LogP contribution < -0.4 is 11.2 Å². The monoisotopic (exact) mass is 400 g/mol. The second kappa shape index (κ2) is 6.89. The lowest BCUT2D eigenvalue weighted by atomic mass is 10.3. The van der Waals surface area contributed by atoms with Crippen molar-refractivity contribution in [2.75, 3.05) is 5.75 Å². The third kappa shape index (κ3) is 2.91. The molecule has 10 nitrogen and oxygen atoms in total. The third-order valence-electron chi connectivity index (χ3n) is 4.62. The quantitative estimate of drug-likeness (QED) is 0.358. The van der Waals surface area contributed by atoms with Crippen LogP contribution in [0.1, 0.15) is 17.8 Å². The minimum Gasteiger partial charge on any atom is -0.328 e. The lowest BCUT2D eigenvalue weighted by Gasteiger charge is -2.08. The molecule has 0 saturated carbocycles. The molecule has 0 radical (unpaired) electrons. The first-order chi connectivity index (χ1) is 13.4. The van der Waals surface area contributed by atoms with E-state index in [0.717, 1.165) is 16.5 Å². The Morgan fingerprint density at radius 2 is 1.93 bits per heavy atom. The number of fused-ring (bicyclic) bond motifs is 2. The van der Waals surface area contributed by atoms with E-state index in [-0.39, 0.29) is 11.2 Å². The van der Waals surface area contributed by atoms with E-state index in [1.54, 1.807) is 25.0 Å². The average Bonchev–Trinajstić information content (AvgIpc) is 3.23. The standard InChI is InChI=1S/C17H20N8O2S/c1-10-8-11(2)25-15(19-10)20-21-16(25)28-7-5-6-24-14(26)12-13(18-9-22(12)3)23(4)17(24)27/h8-9H,5-7H2,1-4H3. The van der Waals surface area contributed by atoms with E-state index >= 15 is 0 Å². The fourth-order valence-electron chi connectivity index (χ4n) is 3.27. The summed E-state index contributed by atoms with van der Waals surface area (Å²) in [5.41, 5.74) is 2.07. The van der Waals surface area contributed by atoms with Crippen molar-refractivity contribution in [2.24, 2.45) is 14.1 Å². The molecule has 0 amide bonds. The molecule has 0 N–H and O–H groups in total. The highest BCUT2D eigenvalue weighted by molar-refractivity contribution is 7.99. The van der Waals surface area contributed by atoms with Gasteiger partial charge in [0.15, 0.2) is 16.3 Å². The molecule has 0 aromatic carbocycles. The molecule has 0 aliphatic heterocycles. The molecular formula is C17H20N8O2S. The summed E-state index contributed by atoms with van der Waals surface area (Å²) in [7, 11) is 3.37. The summed E-state index contributed by atoms with van der Waals surface area (Å²) in [6, 6.07) is 1.98. The lowest BCUT2D eigenvalue weighted by molar-refractivity contribution is 0.594. The fraction of sp³-hybridized carbons (Fsp3) is 0.412. The van der Waals surface area contributed by atoms with Crippen molar-refractivity contribution >= 4 is 28.7 Å². The van der Waals surface area contributed by atoms with Gasteiger partial charge in [-0.25, -0.2) is 14.8 Å². The molecule has 0 bridgehead atoms. The van der Waals surface area contributed by atoms with Gasteiger partial charge in [0.1, 0.15) is 0 Å². The van der Waals surface area contributed by atoms with Gasteiger partial charge in [0.05, 0.1) is 6.33 Å². The van der Waals surface area contributed by atoms with E-state index in [0.29, 0.717) is 35.7 Å². The molecule has 4 aromatic heterocycles. The highest BCUT2D eigenvalue weighted by atomic mass is 32.2. The van der Waals surface area contributed by atoms with Crippen LogP contribution in [0.2, 0.25) is 0 Å². The number of imidazole rings is 1. The molecule has 11 heteroatoms. The third-order valence-corrected chi connectivity index (χ3v) is 5.64. The van der Waals surface area contributed by atoms with Gasteiger partial charge < -0.3 is 4.57 Å². The number of hydrogen-bond acceptors (Lipinski definition) is 7. The van der Waals surface area contributed by atoms with Gasteiger partial charge in [0.2, 0.25) is 0 Å². The van der Waals surface area contributed by atoms with Crippen LogP contribution in [0.15, 0.2) is 27.1 Å². The summed E-state index contributed by atoms with van der Waals surface area (Å²) in [6.07, 6.45) is 2.18. The second-order valence-corrected chi connectivity index (χ2v) is 7.75. The molecule has 4 heterocycles. The van der Waals surface area contributed by atoms with Crippen molar-refractivity contribution in [1.82, 2.24) is 38.3 Å². The van der Waals surface area contributed by atoms with Crippen LogP contribution in [0.3, 0.4) is 0 Å². The minimum atomic E-state index is -0.357. The van der Waals surface area contributed by atoms with Crippen LogP contribution in [-0.4, -0.2) is 44.0 Å². The van der Waals surface area contributed by atoms with Crippen molar-refractivity contribution in [2.45, 2.75) is 32.0 Å². The zero-order valence-electron chi connectivity index (χ0n) is 16.1. The minimum absolute atomic E-state index is 0.313. The molecule has 4 aromatic rings. The lowest BCUT2D eigenvalue weighted by Crippen LogP contribution is -2.39. The number of rotatable bonds is 5. The predicted molar refractivity (Wildman–Crippen MR) is 106 cm³/mol. The first-order valence-electron chi connectivity index (χ1n) is 8.81. The summed E-state index contributed by atoms with van der Waals surface area (Å²) in [5.74, 6) is 1.26. The number of nitrogens with zero attached hydrogens (tertiary/aromatic N) is 8. The molecule has 0 fully saturated rings. The second-order valence-electron chi connectivity index (χ2n) is 6.68. The van der Waals surface area contributed by atoms with Crippen LogP contribution in [0.4, 0.5) is 0 Å². The van der Waals surface area contributed by atoms with Crippen LogP contribution in [0.5, 0.6) is 0 Å². The molecule has 0 atom stereocenters. The molecule has 0 aliphatic rings. The summed E-state index contributed by atoms with van der Waals surface area (Å²) in [4.78, 5) is 33.7. The largest absolute Gasteiger partial charge is 0.332 e. The van der Waals surface area contributed by atoms with Crippen LogP contribution in [0, 0.1) is 13.8 Å². The van der Waals surface area contributed by atoms with Crippen LogP contribution in [0.25, 0.3) is 16.9 Å². The molecule has 146 valence electrons. The smallest absolute Gasteiger partial charge is 0.328 e. The summed E-state index contributed by atoms with van der Waals surface area (Å²) in [5, 5.41) is 9.07. The van der Waals surface area contributed by atoms with E-state index in [2.05, 4.69) is 20.2 Å². The summed E-state index contributed by atoms with van der Waals surface area (Å²) >= 11 is 1.53. The normalized spacial score (nSPS) is 11.7. The van der Waals surface area contributed by atoms with Crippen molar-refractivity contribution in [3.8, 4) is 0 Å². The Morgan fingerprint density at radius 1 is 1.14 bits per heavy atom. The van der Waals surface area contributed by atoms with Gasteiger partial charge in [-0.05, 0) is 26.3 Å². The highest BCUT2D eigenvalue weighted by Crippen LogP contribution is 2.19. The van der Waals surface area contributed by atoms with E-state index in [9.17, 15) is 9.59 Å². The molecule has 0 saturated heterocycles. The average molecular weight is 400 g/mol. The maximum atomic E-state index is 12.7. The molecule has 28 heavy (non-hydrogen) atoms. The maximum Gasteiger partial charge on any atom is 0.332 e. The number of aromatic nitrogens is 8.